The van der Waals surface area contributed by atoms with Gasteiger partial charge in [-0.2, -0.15) is 0 Å². The number of hydrogen-bond acceptors (Lipinski definition) is 4. The number of nitrogens with zero attached hydrogens (tertiary/aromatic N) is 2. The highest BCUT2D eigenvalue weighted by Gasteiger charge is 2.29. The van der Waals surface area contributed by atoms with Crippen LogP contribution in [0.1, 0.15) is 45.6 Å². The molecule has 2 unspecified atom stereocenters. The lowest BCUT2D eigenvalue weighted by Crippen LogP contribution is -2.40. The van der Waals surface area contributed by atoms with E-state index in [1.165, 1.54) is 47.1 Å². The van der Waals surface area contributed by atoms with Crippen LogP contribution < -0.4 is 10.2 Å². The van der Waals surface area contributed by atoms with Crippen molar-refractivity contribution in [3.05, 3.63) is 48.0 Å². The molecule has 0 aromatic heterocycles. The van der Waals surface area contributed by atoms with E-state index >= 15 is 0 Å². The minimum absolute atomic E-state index is 0.404. The molecule has 0 saturated carbocycles. The molecule has 0 amide bonds. The van der Waals surface area contributed by atoms with Gasteiger partial charge in [-0.05, 0) is 63.0 Å². The van der Waals surface area contributed by atoms with Crippen LogP contribution in [0.5, 0.6) is 0 Å². The molecule has 5 heteroatoms. The lowest BCUT2D eigenvalue weighted by atomic mass is 10.1. The summed E-state index contributed by atoms with van der Waals surface area (Å²) in [4.78, 5) is 8.66. The molecule has 2 aromatic rings. The Balaban J connectivity index is 1.63. The van der Waals surface area contributed by atoms with Crippen molar-refractivity contribution in [3.63, 3.8) is 0 Å². The van der Waals surface area contributed by atoms with Crippen LogP contribution >= 0.6 is 24.0 Å². The Hall–Kier alpha value is -1.56. The van der Waals surface area contributed by atoms with Crippen LogP contribution in [0.2, 0.25) is 0 Å². The minimum Gasteiger partial charge on any atom is -0.376 e. The molecule has 30 heavy (non-hydrogen) atoms. The Kier molecular flexibility index (Phi) is 7.01. The molecule has 4 rings (SSSR count). The Morgan fingerprint density at radius 1 is 1.07 bits per heavy atom. The Morgan fingerprint density at radius 2 is 1.80 bits per heavy atom. The molecule has 160 valence electrons. The van der Waals surface area contributed by atoms with Gasteiger partial charge in [-0.15, -0.1) is 0 Å². The molecule has 1 fully saturated rings. The van der Waals surface area contributed by atoms with Gasteiger partial charge in [0.25, 0.3) is 0 Å². The highest BCUT2D eigenvalue weighted by molar-refractivity contribution is 7.99. The van der Waals surface area contributed by atoms with Gasteiger partial charge in [0.05, 0.1) is 11.4 Å². The molecule has 2 heterocycles. The molecule has 0 aliphatic carbocycles. The summed E-state index contributed by atoms with van der Waals surface area (Å²) in [5, 5.41) is 3.48. The van der Waals surface area contributed by atoms with E-state index in [9.17, 15) is 0 Å². The van der Waals surface area contributed by atoms with E-state index in [2.05, 4.69) is 78.4 Å². The first-order valence-corrected chi connectivity index (χ1v) is 12.5. The van der Waals surface area contributed by atoms with Crippen LogP contribution in [-0.2, 0) is 0 Å². The fraction of sp³-hybridized carbons (Fsp3) is 0.480. The lowest BCUT2D eigenvalue weighted by Gasteiger charge is -2.39. The van der Waals surface area contributed by atoms with Crippen molar-refractivity contribution in [1.82, 2.24) is 10.2 Å². The summed E-state index contributed by atoms with van der Waals surface area (Å²) in [6.45, 7) is 11.3. The maximum Gasteiger partial charge on any atom is 0.106 e. The first-order valence-electron chi connectivity index (χ1n) is 11.3. The summed E-state index contributed by atoms with van der Waals surface area (Å²) in [5.74, 6) is 0.625. The molecule has 0 bridgehead atoms. The third-order valence-corrected chi connectivity index (χ3v) is 7.81. The van der Waals surface area contributed by atoms with Crippen LogP contribution in [0.4, 0.5) is 11.4 Å². The number of para-hydroxylation sites is 1. The number of thiocarbonyl (C=S) groups is 1. The molecule has 2 aliphatic rings. The fourth-order valence-electron chi connectivity index (χ4n) is 4.33. The molecular weight excluding hydrogens is 406 g/mol. The zero-order valence-electron chi connectivity index (χ0n) is 18.4. The van der Waals surface area contributed by atoms with Gasteiger partial charge in [0, 0.05) is 34.5 Å². The summed E-state index contributed by atoms with van der Waals surface area (Å²) < 4.78 is 0. The van der Waals surface area contributed by atoms with Gasteiger partial charge in [-0.25, -0.2) is 0 Å². The molecule has 0 radical (unpaired) electrons. The number of fused-ring (bicyclic) bond motifs is 2. The summed E-state index contributed by atoms with van der Waals surface area (Å²) >= 11 is 7.61. The predicted molar refractivity (Wildman–Crippen MR) is 133 cm³/mol. The third-order valence-electron chi connectivity index (χ3n) is 6.30. The van der Waals surface area contributed by atoms with Gasteiger partial charge in [-0.1, -0.05) is 62.4 Å². The number of nitrogens with one attached hydrogen (secondary N) is 1. The standard InChI is InChI=1S/C25H33N3S2/c1-4-18(2)16-26-25(29)20-11-12-24-22(15-20)28(19(3)17-27-13-7-8-14-27)21-9-5-6-10-23(21)30-24/h5-6,9-12,15,18-19H,4,7-8,13-14,16-17H2,1-3H3,(H,26,29). The van der Waals surface area contributed by atoms with Crippen LogP contribution in [-0.4, -0.2) is 42.1 Å². The zero-order chi connectivity index (χ0) is 21.1. The summed E-state index contributed by atoms with van der Waals surface area (Å²) in [7, 11) is 0. The lowest BCUT2D eigenvalue weighted by molar-refractivity contribution is 0.319. The van der Waals surface area contributed by atoms with Gasteiger partial charge in [0.1, 0.15) is 4.99 Å². The van der Waals surface area contributed by atoms with E-state index < -0.39 is 0 Å². The topological polar surface area (TPSA) is 18.5 Å². The quantitative estimate of drug-likeness (QED) is 0.525. The van der Waals surface area contributed by atoms with E-state index in [1.807, 2.05) is 11.8 Å². The van der Waals surface area contributed by atoms with Crippen molar-refractivity contribution in [3.8, 4) is 0 Å². The van der Waals surface area contributed by atoms with Crippen LogP contribution in [0, 0.1) is 5.92 Å². The van der Waals surface area contributed by atoms with Crippen molar-refractivity contribution in [2.24, 2.45) is 5.92 Å². The van der Waals surface area contributed by atoms with Crippen molar-refractivity contribution in [2.45, 2.75) is 55.9 Å². The Bertz CT molecular complexity index is 892. The average molecular weight is 440 g/mol. The SMILES string of the molecule is CCC(C)CNC(=S)c1ccc2c(c1)N(C(C)CN1CCCC1)c1ccccc1S2. The third kappa shape index (κ3) is 4.68. The van der Waals surface area contributed by atoms with E-state index in [0.717, 1.165) is 30.1 Å². The highest BCUT2D eigenvalue weighted by atomic mass is 32.2. The van der Waals surface area contributed by atoms with E-state index in [1.54, 1.807) is 0 Å². The smallest absolute Gasteiger partial charge is 0.106 e. The number of hydrogen-bond donors (Lipinski definition) is 1. The minimum atomic E-state index is 0.404. The predicted octanol–water partition coefficient (Wildman–Crippen LogP) is 6.08. The molecule has 0 spiro atoms. The molecular formula is C25H33N3S2. The first-order chi connectivity index (χ1) is 14.6. The second-order valence-corrected chi connectivity index (χ2v) is 10.2. The molecule has 1 saturated heterocycles. The summed E-state index contributed by atoms with van der Waals surface area (Å²) in [5.41, 5.74) is 3.72. The maximum atomic E-state index is 5.75. The molecule has 2 aliphatic heterocycles. The van der Waals surface area contributed by atoms with Gasteiger partial charge >= 0.3 is 0 Å². The highest BCUT2D eigenvalue weighted by Crippen LogP contribution is 2.49. The van der Waals surface area contributed by atoms with Gasteiger partial charge in [0.15, 0.2) is 0 Å². The number of rotatable bonds is 7. The first kappa shape index (κ1) is 21.7. The Labute approximate surface area is 191 Å². The number of likely N-dealkylation sites (tertiary alicyclic amines) is 1. The fourth-order valence-corrected chi connectivity index (χ4v) is 5.60. The van der Waals surface area contributed by atoms with Crippen molar-refractivity contribution >= 4 is 40.3 Å². The average Bonchev–Trinajstić information content (AvgIpc) is 3.27. The van der Waals surface area contributed by atoms with Crippen LogP contribution in [0.15, 0.2) is 52.3 Å². The van der Waals surface area contributed by atoms with Crippen molar-refractivity contribution < 1.29 is 0 Å². The molecule has 2 aromatic carbocycles. The second-order valence-electron chi connectivity index (χ2n) is 8.70. The van der Waals surface area contributed by atoms with Gasteiger partial charge in [0.2, 0.25) is 0 Å². The maximum absolute atomic E-state index is 5.75. The zero-order valence-corrected chi connectivity index (χ0v) is 20.0. The molecule has 2 atom stereocenters. The van der Waals surface area contributed by atoms with E-state index in [0.29, 0.717) is 12.0 Å². The van der Waals surface area contributed by atoms with Crippen LogP contribution in [0.3, 0.4) is 0 Å². The molecule has 1 N–H and O–H groups in total. The normalized spacial score (nSPS) is 17.9. The second kappa shape index (κ2) is 9.71. The van der Waals surface area contributed by atoms with Gasteiger partial charge < -0.3 is 15.1 Å². The molecule has 3 nitrogen and oxygen atoms in total. The van der Waals surface area contributed by atoms with Crippen LogP contribution in [0.25, 0.3) is 0 Å². The van der Waals surface area contributed by atoms with Crippen molar-refractivity contribution in [1.29, 1.82) is 0 Å². The van der Waals surface area contributed by atoms with E-state index in [-0.39, 0.29) is 0 Å². The largest absolute Gasteiger partial charge is 0.376 e. The van der Waals surface area contributed by atoms with Gasteiger partial charge in [-0.3, -0.25) is 0 Å². The number of anilines is 2. The summed E-state index contributed by atoms with van der Waals surface area (Å²) in [6.07, 6.45) is 3.82. The van der Waals surface area contributed by atoms with E-state index in [4.69, 9.17) is 12.2 Å². The van der Waals surface area contributed by atoms with Crippen molar-refractivity contribution in [2.75, 3.05) is 31.1 Å². The Morgan fingerprint density at radius 3 is 2.57 bits per heavy atom. The summed E-state index contributed by atoms with van der Waals surface area (Å²) in [6, 6.07) is 15.9. The number of benzene rings is 2. The monoisotopic (exact) mass is 439 g/mol.